The van der Waals surface area contributed by atoms with Crippen LogP contribution in [0.25, 0.3) is 22.1 Å². The van der Waals surface area contributed by atoms with E-state index in [1.165, 1.54) is 25.3 Å². The van der Waals surface area contributed by atoms with Gasteiger partial charge in [-0.15, -0.1) is 0 Å². The number of halogens is 3. The van der Waals surface area contributed by atoms with Crippen molar-refractivity contribution >= 4 is 33.7 Å². The number of aromatic amines is 2. The Labute approximate surface area is 186 Å². The number of H-pyrrole nitrogens is 2. The molecule has 6 nitrogen and oxygen atoms in total. The number of imidazole rings is 1. The van der Waals surface area contributed by atoms with Crippen LogP contribution in [0.15, 0.2) is 48.8 Å². The fourth-order valence-corrected chi connectivity index (χ4v) is 3.77. The van der Waals surface area contributed by atoms with Crippen LogP contribution < -0.4 is 9.47 Å². The smallest absolute Gasteiger partial charge is 0.164 e. The van der Waals surface area contributed by atoms with Gasteiger partial charge in [-0.25, -0.2) is 18.7 Å². The molecule has 3 aromatic heterocycles. The van der Waals surface area contributed by atoms with E-state index in [4.69, 9.17) is 21.1 Å². The third kappa shape index (κ3) is 3.85. The molecule has 32 heavy (non-hydrogen) atoms. The fourth-order valence-electron chi connectivity index (χ4n) is 3.62. The molecule has 5 rings (SSSR count). The molecular weight excluding hydrogens is 438 g/mol. The zero-order chi connectivity index (χ0) is 22.2. The van der Waals surface area contributed by atoms with E-state index in [0.29, 0.717) is 45.3 Å². The van der Waals surface area contributed by atoms with Crippen LogP contribution in [0.4, 0.5) is 8.78 Å². The van der Waals surface area contributed by atoms with Crippen LogP contribution in [0.3, 0.4) is 0 Å². The average Bonchev–Trinajstić information content (AvgIpc) is 3.36. The highest BCUT2D eigenvalue weighted by Gasteiger charge is 2.15. The number of rotatable bonds is 6. The highest BCUT2D eigenvalue weighted by atomic mass is 35.5. The van der Waals surface area contributed by atoms with Gasteiger partial charge < -0.3 is 19.4 Å². The van der Waals surface area contributed by atoms with E-state index in [9.17, 15) is 8.78 Å². The first kappa shape index (κ1) is 20.3. The largest absolute Gasteiger partial charge is 0.493 e. The zero-order valence-electron chi connectivity index (χ0n) is 16.9. The molecule has 0 saturated heterocycles. The van der Waals surface area contributed by atoms with Crippen molar-refractivity contribution in [3.63, 3.8) is 0 Å². The van der Waals surface area contributed by atoms with Crippen LogP contribution in [0, 0.1) is 11.6 Å². The van der Waals surface area contributed by atoms with Gasteiger partial charge in [0.25, 0.3) is 0 Å². The second kappa shape index (κ2) is 8.12. The van der Waals surface area contributed by atoms with Gasteiger partial charge in [0.2, 0.25) is 0 Å². The van der Waals surface area contributed by atoms with Crippen molar-refractivity contribution in [2.45, 2.75) is 13.0 Å². The van der Waals surface area contributed by atoms with Crippen LogP contribution in [0.2, 0.25) is 5.02 Å². The van der Waals surface area contributed by atoms with Crippen molar-refractivity contribution in [2.24, 2.45) is 0 Å². The van der Waals surface area contributed by atoms with E-state index in [1.54, 1.807) is 30.6 Å². The summed E-state index contributed by atoms with van der Waals surface area (Å²) in [6.07, 6.45) is 3.66. The van der Waals surface area contributed by atoms with Gasteiger partial charge in [-0.3, -0.25) is 0 Å². The van der Waals surface area contributed by atoms with E-state index in [2.05, 4.69) is 19.9 Å². The molecule has 2 aromatic carbocycles. The summed E-state index contributed by atoms with van der Waals surface area (Å²) < 4.78 is 39.4. The van der Waals surface area contributed by atoms with Crippen molar-refractivity contribution in [1.82, 2.24) is 19.9 Å². The molecular formula is C23H17ClF2N4O2. The standard InChI is InChI=1S/C23H17ClF2N4O2/c1-31-20-5-12(4-13-9-27-23-16(13)6-14(24)10-28-23)17(26)8-21(20)32-11-22-29-18-3-2-15(25)7-19(18)30-22/h2-3,5-10H,4,11H2,1H3,(H,27,28)(H,29,30). The maximum atomic E-state index is 14.9. The summed E-state index contributed by atoms with van der Waals surface area (Å²) in [4.78, 5) is 14.6. The Morgan fingerprint density at radius 3 is 2.78 bits per heavy atom. The Hall–Kier alpha value is -3.65. The minimum absolute atomic E-state index is 0.0397. The Morgan fingerprint density at radius 2 is 1.94 bits per heavy atom. The van der Waals surface area contributed by atoms with Crippen LogP contribution in [-0.4, -0.2) is 27.0 Å². The SMILES string of the molecule is COc1cc(Cc2c[nH]c3ncc(Cl)cc23)c(F)cc1OCc1nc2cc(F)ccc2[nH]1. The fraction of sp³-hybridized carbons (Fsp3) is 0.130. The quantitative estimate of drug-likeness (QED) is 0.353. The lowest BCUT2D eigenvalue weighted by Crippen LogP contribution is -2.02. The maximum absolute atomic E-state index is 14.9. The Kier molecular flexibility index (Phi) is 5.14. The predicted octanol–water partition coefficient (Wildman–Crippen LogP) is 5.55. The summed E-state index contributed by atoms with van der Waals surface area (Å²) in [6.45, 7) is 0.0397. The van der Waals surface area contributed by atoms with Crippen molar-refractivity contribution in [1.29, 1.82) is 0 Å². The summed E-state index contributed by atoms with van der Waals surface area (Å²) in [5.41, 5.74) is 3.16. The third-order valence-electron chi connectivity index (χ3n) is 5.16. The number of hydrogen-bond donors (Lipinski definition) is 2. The van der Waals surface area contributed by atoms with Gasteiger partial charge in [-0.2, -0.15) is 0 Å². The number of hydrogen-bond acceptors (Lipinski definition) is 4. The van der Waals surface area contributed by atoms with Crippen molar-refractivity contribution in [3.05, 3.63) is 82.4 Å². The van der Waals surface area contributed by atoms with Gasteiger partial charge in [0.05, 0.1) is 23.2 Å². The number of benzene rings is 2. The zero-order valence-corrected chi connectivity index (χ0v) is 17.6. The van der Waals surface area contributed by atoms with Crippen LogP contribution in [0.5, 0.6) is 11.5 Å². The first-order chi connectivity index (χ1) is 15.5. The second-order valence-corrected chi connectivity index (χ2v) is 7.70. The van der Waals surface area contributed by atoms with Gasteiger partial charge >= 0.3 is 0 Å². The molecule has 3 heterocycles. The lowest BCUT2D eigenvalue weighted by atomic mass is 10.0. The second-order valence-electron chi connectivity index (χ2n) is 7.27. The first-order valence-electron chi connectivity index (χ1n) is 9.75. The molecule has 0 bridgehead atoms. The van der Waals surface area contributed by atoms with Crippen LogP contribution >= 0.6 is 11.6 Å². The number of methoxy groups -OCH3 is 1. The van der Waals surface area contributed by atoms with Gasteiger partial charge in [-0.1, -0.05) is 11.6 Å². The Balaban J connectivity index is 1.39. The molecule has 5 aromatic rings. The maximum Gasteiger partial charge on any atom is 0.164 e. The number of ether oxygens (including phenoxy) is 2. The van der Waals surface area contributed by atoms with E-state index in [-0.39, 0.29) is 18.2 Å². The summed E-state index contributed by atoms with van der Waals surface area (Å²) >= 11 is 6.06. The van der Waals surface area contributed by atoms with E-state index >= 15 is 0 Å². The van der Waals surface area contributed by atoms with Gasteiger partial charge in [0.1, 0.15) is 29.7 Å². The molecule has 2 N–H and O–H groups in total. The summed E-state index contributed by atoms with van der Waals surface area (Å²) in [5.74, 6) is 0.310. The molecule has 0 aliphatic rings. The molecule has 9 heteroatoms. The first-order valence-corrected chi connectivity index (χ1v) is 10.1. The molecule has 0 atom stereocenters. The summed E-state index contributed by atoms with van der Waals surface area (Å²) in [5, 5.41) is 1.34. The van der Waals surface area contributed by atoms with Gasteiger partial charge in [-0.05, 0) is 35.4 Å². The van der Waals surface area contributed by atoms with Crippen molar-refractivity contribution < 1.29 is 18.3 Å². The lowest BCUT2D eigenvalue weighted by Gasteiger charge is -2.12. The number of aromatic nitrogens is 4. The van der Waals surface area contributed by atoms with Crippen LogP contribution in [-0.2, 0) is 13.0 Å². The highest BCUT2D eigenvalue weighted by Crippen LogP contribution is 2.33. The molecule has 0 spiro atoms. The van der Waals surface area contributed by atoms with E-state index in [1.807, 2.05) is 0 Å². The van der Waals surface area contributed by atoms with Gasteiger partial charge in [0.15, 0.2) is 11.5 Å². The summed E-state index contributed by atoms with van der Waals surface area (Å²) in [7, 11) is 1.49. The topological polar surface area (TPSA) is 75.8 Å². The number of fused-ring (bicyclic) bond motifs is 2. The molecule has 0 amide bonds. The molecule has 0 aliphatic carbocycles. The minimum atomic E-state index is -0.434. The molecule has 0 radical (unpaired) electrons. The predicted molar refractivity (Wildman–Crippen MR) is 117 cm³/mol. The minimum Gasteiger partial charge on any atom is -0.493 e. The molecule has 0 fully saturated rings. The van der Waals surface area contributed by atoms with Gasteiger partial charge in [0, 0.05) is 36.3 Å². The number of nitrogens with zero attached hydrogens (tertiary/aromatic N) is 2. The monoisotopic (exact) mass is 454 g/mol. The van der Waals surface area contributed by atoms with E-state index in [0.717, 1.165) is 10.9 Å². The summed E-state index contributed by atoms with van der Waals surface area (Å²) in [6, 6.07) is 8.97. The molecule has 0 saturated carbocycles. The molecule has 0 aliphatic heterocycles. The Bertz CT molecular complexity index is 1450. The lowest BCUT2D eigenvalue weighted by molar-refractivity contribution is 0.275. The normalized spacial score (nSPS) is 11.4. The highest BCUT2D eigenvalue weighted by molar-refractivity contribution is 6.31. The van der Waals surface area contributed by atoms with Crippen molar-refractivity contribution in [3.8, 4) is 11.5 Å². The van der Waals surface area contributed by atoms with Crippen molar-refractivity contribution in [2.75, 3.05) is 7.11 Å². The van der Waals surface area contributed by atoms with E-state index < -0.39 is 5.82 Å². The Morgan fingerprint density at radius 1 is 1.06 bits per heavy atom. The number of pyridine rings is 1. The number of nitrogens with one attached hydrogen (secondary N) is 2. The molecule has 0 unspecified atom stereocenters. The molecule has 162 valence electrons. The average molecular weight is 455 g/mol. The van der Waals surface area contributed by atoms with Crippen LogP contribution in [0.1, 0.15) is 17.0 Å². The third-order valence-corrected chi connectivity index (χ3v) is 5.36.